The number of hydrogen-bond donors (Lipinski definition) is 3. The van der Waals surface area contributed by atoms with Crippen LogP contribution in [0.2, 0.25) is 5.02 Å². The van der Waals surface area contributed by atoms with Crippen molar-refractivity contribution in [3.05, 3.63) is 35.0 Å². The molecule has 200 valence electrons. The van der Waals surface area contributed by atoms with Gasteiger partial charge >= 0.3 is 0 Å². The molecule has 2 aromatic heterocycles. The van der Waals surface area contributed by atoms with Crippen molar-refractivity contribution >= 4 is 38.5 Å². The number of halogens is 1. The van der Waals surface area contributed by atoms with Crippen molar-refractivity contribution in [1.29, 1.82) is 0 Å². The van der Waals surface area contributed by atoms with E-state index in [1.807, 2.05) is 6.07 Å². The molecule has 0 radical (unpaired) electrons. The SMILES string of the molecule is COc1ccc(CN2CCOCC2)cc1-c1nc2ncc(Cl)c(N[C@@H]3CCCC[C@H]3NS(C)(=O)=O)c2[nH]1. The van der Waals surface area contributed by atoms with E-state index in [2.05, 4.69) is 37.0 Å². The van der Waals surface area contributed by atoms with Gasteiger partial charge in [0.15, 0.2) is 5.65 Å². The molecule has 37 heavy (non-hydrogen) atoms. The molecule has 0 bridgehead atoms. The van der Waals surface area contributed by atoms with Crippen LogP contribution in [0.5, 0.6) is 5.75 Å². The van der Waals surface area contributed by atoms with Crippen LogP contribution < -0.4 is 14.8 Å². The fraction of sp³-hybridized carbons (Fsp3) is 0.520. The third-order valence-electron chi connectivity index (χ3n) is 6.96. The van der Waals surface area contributed by atoms with Gasteiger partial charge in [0.05, 0.1) is 49.0 Å². The second-order valence-corrected chi connectivity index (χ2v) is 11.9. The number of pyridine rings is 1. The number of ether oxygens (including phenoxy) is 2. The largest absolute Gasteiger partial charge is 0.496 e. The maximum Gasteiger partial charge on any atom is 0.209 e. The second kappa shape index (κ2) is 11.1. The van der Waals surface area contributed by atoms with Crippen molar-refractivity contribution in [2.24, 2.45) is 0 Å². The summed E-state index contributed by atoms with van der Waals surface area (Å²) in [7, 11) is -1.69. The first kappa shape index (κ1) is 26.2. The van der Waals surface area contributed by atoms with Gasteiger partial charge in [-0.1, -0.05) is 30.5 Å². The van der Waals surface area contributed by atoms with Gasteiger partial charge in [0.25, 0.3) is 0 Å². The highest BCUT2D eigenvalue weighted by Crippen LogP contribution is 2.36. The van der Waals surface area contributed by atoms with Crippen LogP contribution >= 0.6 is 11.6 Å². The van der Waals surface area contributed by atoms with Gasteiger partial charge < -0.3 is 19.8 Å². The predicted molar refractivity (Wildman–Crippen MR) is 145 cm³/mol. The fourth-order valence-electron chi connectivity index (χ4n) is 5.16. The molecule has 10 nitrogen and oxygen atoms in total. The Morgan fingerprint density at radius 1 is 1.22 bits per heavy atom. The highest BCUT2D eigenvalue weighted by molar-refractivity contribution is 7.88. The van der Waals surface area contributed by atoms with Gasteiger partial charge in [-0.2, -0.15) is 0 Å². The zero-order valence-electron chi connectivity index (χ0n) is 21.1. The van der Waals surface area contributed by atoms with E-state index in [9.17, 15) is 8.42 Å². The van der Waals surface area contributed by atoms with E-state index < -0.39 is 10.0 Å². The van der Waals surface area contributed by atoms with Crippen LogP contribution in [0.1, 0.15) is 31.2 Å². The van der Waals surface area contributed by atoms with Crippen molar-refractivity contribution < 1.29 is 17.9 Å². The van der Waals surface area contributed by atoms with Gasteiger partial charge in [-0.15, -0.1) is 0 Å². The van der Waals surface area contributed by atoms with Crippen LogP contribution in [0.4, 0.5) is 5.69 Å². The average Bonchev–Trinajstić information content (AvgIpc) is 3.31. The monoisotopic (exact) mass is 548 g/mol. The summed E-state index contributed by atoms with van der Waals surface area (Å²) in [6.45, 7) is 4.11. The number of morpholine rings is 1. The lowest BCUT2D eigenvalue weighted by Crippen LogP contribution is -2.48. The number of hydrogen-bond acceptors (Lipinski definition) is 8. The van der Waals surface area contributed by atoms with Gasteiger partial charge in [-0.25, -0.2) is 23.1 Å². The minimum absolute atomic E-state index is 0.107. The van der Waals surface area contributed by atoms with E-state index in [1.54, 1.807) is 13.3 Å². The van der Waals surface area contributed by atoms with Crippen LogP contribution in [0.25, 0.3) is 22.6 Å². The first-order valence-electron chi connectivity index (χ1n) is 12.6. The smallest absolute Gasteiger partial charge is 0.209 e. The Balaban J connectivity index is 1.47. The molecule has 0 spiro atoms. The first-order valence-corrected chi connectivity index (χ1v) is 14.8. The molecule has 1 saturated heterocycles. The van der Waals surface area contributed by atoms with Crippen LogP contribution in [0.15, 0.2) is 24.4 Å². The Labute approximate surface area is 222 Å². The number of methoxy groups -OCH3 is 1. The van der Waals surface area contributed by atoms with Gasteiger partial charge in [0.2, 0.25) is 10.0 Å². The van der Waals surface area contributed by atoms with E-state index in [0.717, 1.165) is 69.7 Å². The Morgan fingerprint density at radius 2 is 1.97 bits per heavy atom. The van der Waals surface area contributed by atoms with Crippen LogP contribution in [-0.2, 0) is 21.3 Å². The van der Waals surface area contributed by atoms with Crippen LogP contribution in [0, 0.1) is 0 Å². The van der Waals surface area contributed by atoms with E-state index in [4.69, 9.17) is 26.1 Å². The number of imidazole rings is 1. The Hall–Kier alpha value is -2.44. The average molecular weight is 549 g/mol. The van der Waals surface area contributed by atoms with Crippen LogP contribution in [0.3, 0.4) is 0 Å². The molecule has 2 fully saturated rings. The number of nitrogens with one attached hydrogen (secondary N) is 3. The normalized spacial score (nSPS) is 21.3. The van der Waals surface area contributed by atoms with Crippen molar-refractivity contribution in [2.75, 3.05) is 45.0 Å². The quantitative estimate of drug-likeness (QED) is 0.391. The summed E-state index contributed by atoms with van der Waals surface area (Å²) < 4.78 is 37.8. The van der Waals surface area contributed by atoms with Crippen molar-refractivity contribution in [2.45, 2.75) is 44.3 Å². The van der Waals surface area contributed by atoms with E-state index in [1.165, 1.54) is 6.26 Å². The van der Waals surface area contributed by atoms with E-state index in [0.29, 0.717) is 33.4 Å². The maximum absolute atomic E-state index is 11.9. The number of rotatable bonds is 8. The molecule has 5 rings (SSSR count). The summed E-state index contributed by atoms with van der Waals surface area (Å²) in [5.41, 5.74) is 3.85. The zero-order valence-corrected chi connectivity index (χ0v) is 22.7. The standard InChI is InChI=1S/C25H33ClN6O4S/c1-35-21-8-7-16(15-32-9-11-36-12-10-32)13-17(21)24-29-23-22(18(26)14-27-25(23)30-24)28-19-5-3-4-6-20(19)31-37(2,33)34/h7-8,13-14,19-20,31H,3-6,9-12,15H2,1-2H3,(H2,27,28,29,30)/t19-,20-/m1/s1. The third kappa shape index (κ3) is 6.18. The number of H-pyrrole nitrogens is 1. The molecule has 12 heteroatoms. The highest BCUT2D eigenvalue weighted by atomic mass is 35.5. The molecule has 1 aliphatic heterocycles. The molecule has 1 aromatic carbocycles. The van der Waals surface area contributed by atoms with Gasteiger partial charge in [-0.05, 0) is 30.5 Å². The third-order valence-corrected chi connectivity index (χ3v) is 7.98. The zero-order chi connectivity index (χ0) is 26.0. The minimum Gasteiger partial charge on any atom is -0.496 e. The number of nitrogens with zero attached hydrogens (tertiary/aromatic N) is 3. The number of benzene rings is 1. The van der Waals surface area contributed by atoms with Crippen molar-refractivity contribution in [3.8, 4) is 17.1 Å². The number of anilines is 1. The maximum atomic E-state index is 11.9. The summed E-state index contributed by atoms with van der Waals surface area (Å²) >= 11 is 6.60. The van der Waals surface area contributed by atoms with Crippen molar-refractivity contribution in [1.82, 2.24) is 24.6 Å². The molecule has 3 N–H and O–H groups in total. The molecular formula is C25H33ClN6O4S. The minimum atomic E-state index is -3.34. The lowest BCUT2D eigenvalue weighted by molar-refractivity contribution is 0.0342. The number of sulfonamides is 1. The summed E-state index contributed by atoms with van der Waals surface area (Å²) in [5, 5.41) is 3.95. The summed E-state index contributed by atoms with van der Waals surface area (Å²) in [6.07, 6.45) is 6.33. The van der Waals surface area contributed by atoms with Crippen LogP contribution in [-0.4, -0.2) is 80.0 Å². The Morgan fingerprint density at radius 3 is 2.70 bits per heavy atom. The predicted octanol–water partition coefficient (Wildman–Crippen LogP) is 3.39. The molecule has 2 atom stereocenters. The lowest BCUT2D eigenvalue weighted by Gasteiger charge is -2.33. The number of aromatic nitrogens is 3. The van der Waals surface area contributed by atoms with Gasteiger partial charge in [0, 0.05) is 31.7 Å². The summed E-state index contributed by atoms with van der Waals surface area (Å²) in [5.74, 6) is 1.33. The molecular weight excluding hydrogens is 516 g/mol. The van der Waals surface area contributed by atoms with Gasteiger partial charge in [-0.3, -0.25) is 4.90 Å². The number of fused-ring (bicyclic) bond motifs is 1. The first-order chi connectivity index (χ1) is 17.8. The molecule has 1 saturated carbocycles. The highest BCUT2D eigenvalue weighted by Gasteiger charge is 2.29. The molecule has 2 aliphatic rings. The van der Waals surface area contributed by atoms with E-state index >= 15 is 0 Å². The molecule has 0 amide bonds. The Kier molecular flexibility index (Phi) is 7.87. The van der Waals surface area contributed by atoms with Crippen molar-refractivity contribution in [3.63, 3.8) is 0 Å². The lowest BCUT2D eigenvalue weighted by atomic mass is 9.91. The molecule has 1 aliphatic carbocycles. The summed E-state index contributed by atoms with van der Waals surface area (Å²) in [6, 6.07) is 5.79. The van der Waals surface area contributed by atoms with E-state index in [-0.39, 0.29) is 12.1 Å². The topological polar surface area (TPSA) is 121 Å². The molecule has 3 aromatic rings. The van der Waals surface area contributed by atoms with Gasteiger partial charge in [0.1, 0.15) is 17.1 Å². The molecule has 3 heterocycles. The summed E-state index contributed by atoms with van der Waals surface area (Å²) in [4.78, 5) is 15.0. The Bertz CT molecular complexity index is 1360. The second-order valence-electron chi connectivity index (χ2n) is 9.72. The molecule has 0 unspecified atom stereocenters. The fourth-order valence-corrected chi connectivity index (χ4v) is 6.19. The number of aromatic amines is 1.